The fourth-order valence-corrected chi connectivity index (χ4v) is 4.17. The molecule has 1 N–H and O–H groups in total. The highest BCUT2D eigenvalue weighted by Crippen LogP contribution is 2.31. The predicted molar refractivity (Wildman–Crippen MR) is 50.5 cm³/mol. The van der Waals surface area contributed by atoms with Gasteiger partial charge in [0.1, 0.15) is 0 Å². The maximum absolute atomic E-state index is 10.9. The van der Waals surface area contributed by atoms with Gasteiger partial charge in [-0.15, -0.1) is 12.4 Å². The molecule has 0 radical (unpaired) electrons. The van der Waals surface area contributed by atoms with Gasteiger partial charge in [0.2, 0.25) is 0 Å². The average molecular weight is 212 g/mol. The molecule has 3 nitrogen and oxygen atoms in total. The van der Waals surface area contributed by atoms with Gasteiger partial charge >= 0.3 is 0 Å². The van der Waals surface area contributed by atoms with Crippen molar-refractivity contribution in [1.29, 1.82) is 0 Å². The molecule has 0 unspecified atom stereocenters. The Morgan fingerprint density at radius 3 is 2.25 bits per heavy atom. The Hall–Kier alpha value is 0.200. The molecule has 0 aliphatic carbocycles. The van der Waals surface area contributed by atoms with Gasteiger partial charge < -0.3 is 5.32 Å². The lowest BCUT2D eigenvalue weighted by atomic mass is 9.92. The van der Waals surface area contributed by atoms with Crippen molar-refractivity contribution in [2.45, 2.75) is 24.8 Å². The van der Waals surface area contributed by atoms with Gasteiger partial charge in [0.05, 0.1) is 11.5 Å². The van der Waals surface area contributed by atoms with Gasteiger partial charge in [-0.1, -0.05) is 6.42 Å². The van der Waals surface area contributed by atoms with E-state index in [-0.39, 0.29) is 17.9 Å². The van der Waals surface area contributed by atoms with E-state index < -0.39 is 9.84 Å². The molecule has 0 saturated carbocycles. The van der Waals surface area contributed by atoms with Crippen LogP contribution in [0.15, 0.2) is 0 Å². The largest absolute Gasteiger partial charge is 0.309 e. The van der Waals surface area contributed by atoms with Crippen LogP contribution >= 0.6 is 12.4 Å². The van der Waals surface area contributed by atoms with Crippen molar-refractivity contribution in [1.82, 2.24) is 5.32 Å². The first-order valence-corrected chi connectivity index (χ1v) is 5.90. The normalized spacial score (nSPS) is 30.3. The second-order valence-electron chi connectivity index (χ2n) is 3.70. The maximum Gasteiger partial charge on any atom is 0.153 e. The minimum atomic E-state index is -2.65. The zero-order valence-electron chi connectivity index (χ0n) is 6.88. The highest BCUT2D eigenvalue weighted by molar-refractivity contribution is 7.93. The zero-order valence-corrected chi connectivity index (χ0v) is 8.51. The van der Waals surface area contributed by atoms with Crippen LogP contribution < -0.4 is 5.32 Å². The molecule has 1 spiro atoms. The second kappa shape index (κ2) is 3.16. The van der Waals surface area contributed by atoms with Crippen LogP contribution in [0.25, 0.3) is 0 Å². The molecule has 0 bridgehead atoms. The summed E-state index contributed by atoms with van der Waals surface area (Å²) in [5.74, 6) is 0.750. The van der Waals surface area contributed by atoms with E-state index in [1.165, 1.54) is 12.8 Å². The van der Waals surface area contributed by atoms with Gasteiger partial charge in [-0.3, -0.25) is 0 Å². The van der Waals surface area contributed by atoms with E-state index in [1.54, 1.807) is 0 Å². The lowest BCUT2D eigenvalue weighted by Crippen LogP contribution is -2.65. The Kier molecular flexibility index (Phi) is 2.71. The Bertz CT molecular complexity index is 243. The predicted octanol–water partition coefficient (Wildman–Crippen LogP) is 0.349. The number of hydrogen-bond acceptors (Lipinski definition) is 3. The second-order valence-corrected chi connectivity index (χ2v) is 5.76. The van der Waals surface area contributed by atoms with Crippen LogP contribution in [0.1, 0.15) is 19.3 Å². The molecule has 2 saturated heterocycles. The van der Waals surface area contributed by atoms with Crippen LogP contribution in [0.2, 0.25) is 0 Å². The van der Waals surface area contributed by atoms with Gasteiger partial charge in [0.15, 0.2) is 9.84 Å². The quantitative estimate of drug-likeness (QED) is 0.629. The summed E-state index contributed by atoms with van der Waals surface area (Å²) in [5, 5.41) is 3.31. The number of rotatable bonds is 0. The van der Waals surface area contributed by atoms with Gasteiger partial charge in [-0.2, -0.15) is 0 Å². The smallest absolute Gasteiger partial charge is 0.153 e. The van der Waals surface area contributed by atoms with Crippen molar-refractivity contribution >= 4 is 22.2 Å². The summed E-state index contributed by atoms with van der Waals surface area (Å²) in [6, 6.07) is 0. The van der Waals surface area contributed by atoms with Crippen molar-refractivity contribution in [3.63, 3.8) is 0 Å². The van der Waals surface area contributed by atoms with Crippen LogP contribution in [0, 0.1) is 0 Å². The molecule has 5 heteroatoms. The first kappa shape index (κ1) is 10.3. The van der Waals surface area contributed by atoms with E-state index in [1.807, 2.05) is 0 Å². The van der Waals surface area contributed by atoms with Crippen LogP contribution in [0.5, 0.6) is 0 Å². The third kappa shape index (κ3) is 1.75. The third-order valence-corrected chi connectivity index (χ3v) is 4.56. The number of hydrogen-bond donors (Lipinski definition) is 1. The Morgan fingerprint density at radius 2 is 1.83 bits per heavy atom. The molecule has 2 fully saturated rings. The number of nitrogens with one attached hydrogen (secondary N) is 1. The number of piperidine rings is 1. The van der Waals surface area contributed by atoms with Crippen molar-refractivity contribution in [3.8, 4) is 0 Å². The van der Waals surface area contributed by atoms with E-state index in [2.05, 4.69) is 5.32 Å². The van der Waals surface area contributed by atoms with Crippen molar-refractivity contribution in [2.75, 3.05) is 18.1 Å². The van der Waals surface area contributed by atoms with Crippen molar-refractivity contribution < 1.29 is 8.42 Å². The van der Waals surface area contributed by atoms with Crippen LogP contribution in [-0.2, 0) is 9.84 Å². The Balaban J connectivity index is 0.000000720. The molecule has 2 aliphatic rings. The molecular weight excluding hydrogens is 198 g/mol. The van der Waals surface area contributed by atoms with Crippen molar-refractivity contribution in [3.05, 3.63) is 0 Å². The summed E-state index contributed by atoms with van der Waals surface area (Å²) >= 11 is 0. The van der Waals surface area contributed by atoms with Gasteiger partial charge in [0.25, 0.3) is 0 Å². The van der Waals surface area contributed by atoms with E-state index in [0.717, 1.165) is 13.0 Å². The molecule has 0 aromatic carbocycles. The SMILES string of the molecule is Cl.O=S1(=O)CC2(CCCCN2)C1. The summed E-state index contributed by atoms with van der Waals surface area (Å²) < 4.78 is 21.8. The fraction of sp³-hybridized carbons (Fsp3) is 1.00. The zero-order chi connectivity index (χ0) is 7.95. The number of halogens is 1. The minimum absolute atomic E-state index is 0. The third-order valence-electron chi connectivity index (χ3n) is 2.57. The molecule has 2 aliphatic heterocycles. The molecule has 12 heavy (non-hydrogen) atoms. The van der Waals surface area contributed by atoms with Gasteiger partial charge in [-0.25, -0.2) is 8.42 Å². The topological polar surface area (TPSA) is 46.2 Å². The minimum Gasteiger partial charge on any atom is -0.309 e. The van der Waals surface area contributed by atoms with Crippen LogP contribution in [0.3, 0.4) is 0 Å². The lowest BCUT2D eigenvalue weighted by molar-refractivity contribution is 0.285. The Morgan fingerprint density at radius 1 is 1.17 bits per heavy atom. The summed E-state index contributed by atoms with van der Waals surface area (Å²) in [4.78, 5) is 0. The molecular formula is C7H14ClNO2S. The lowest BCUT2D eigenvalue weighted by Gasteiger charge is -2.44. The van der Waals surface area contributed by atoms with Gasteiger partial charge in [0, 0.05) is 5.54 Å². The van der Waals surface area contributed by atoms with E-state index >= 15 is 0 Å². The summed E-state index contributed by atoms with van der Waals surface area (Å²) in [5.41, 5.74) is -0.00289. The van der Waals surface area contributed by atoms with Crippen molar-refractivity contribution in [2.24, 2.45) is 0 Å². The highest BCUT2D eigenvalue weighted by atomic mass is 35.5. The first-order chi connectivity index (χ1) is 5.12. The molecule has 0 aromatic heterocycles. The van der Waals surface area contributed by atoms with E-state index in [4.69, 9.17) is 0 Å². The summed E-state index contributed by atoms with van der Waals surface area (Å²) in [6.07, 6.45) is 3.43. The van der Waals surface area contributed by atoms with Crippen LogP contribution in [-0.4, -0.2) is 32.0 Å². The van der Waals surface area contributed by atoms with E-state index in [9.17, 15) is 8.42 Å². The molecule has 72 valence electrons. The van der Waals surface area contributed by atoms with E-state index in [0.29, 0.717) is 11.5 Å². The van der Waals surface area contributed by atoms with Crippen LogP contribution in [0.4, 0.5) is 0 Å². The fourth-order valence-electron chi connectivity index (χ4n) is 2.08. The standard InChI is InChI=1S/C7H13NO2S.ClH/c9-11(10)5-7(6-11)3-1-2-4-8-7;/h8H,1-6H2;1H. The first-order valence-electron chi connectivity index (χ1n) is 4.07. The summed E-state index contributed by atoms with van der Waals surface area (Å²) in [7, 11) is -2.65. The highest BCUT2D eigenvalue weighted by Gasteiger charge is 2.48. The molecule has 0 aromatic rings. The maximum atomic E-state index is 10.9. The number of sulfone groups is 1. The molecule has 2 heterocycles. The average Bonchev–Trinajstić information content (AvgIpc) is 1.85. The summed E-state index contributed by atoms with van der Waals surface area (Å²) in [6.45, 7) is 0.996. The monoisotopic (exact) mass is 211 g/mol. The molecule has 2 rings (SSSR count). The molecule has 0 amide bonds. The molecule has 0 atom stereocenters. The Labute approximate surface area is 79.2 Å². The van der Waals surface area contributed by atoms with Gasteiger partial charge in [-0.05, 0) is 19.4 Å².